The highest BCUT2D eigenvalue weighted by Crippen LogP contribution is 2.37. The van der Waals surface area contributed by atoms with Gasteiger partial charge < -0.3 is 5.73 Å². The molecule has 15 heavy (non-hydrogen) atoms. The Hall–Kier alpha value is -0.310. The van der Waals surface area contributed by atoms with Crippen LogP contribution in [-0.2, 0) is 0 Å². The molecular formula is C11H14Cl2FN. The maximum Gasteiger partial charge on any atom is 0.146 e. The van der Waals surface area contributed by atoms with Crippen molar-refractivity contribution < 1.29 is 4.39 Å². The molecule has 2 N–H and O–H groups in total. The van der Waals surface area contributed by atoms with E-state index in [-0.39, 0.29) is 29.3 Å². The Morgan fingerprint density at radius 3 is 2.73 bits per heavy atom. The fourth-order valence-electron chi connectivity index (χ4n) is 1.65. The van der Waals surface area contributed by atoms with E-state index in [0.29, 0.717) is 11.5 Å². The zero-order valence-corrected chi connectivity index (χ0v) is 9.82. The fraction of sp³-hybridized carbons (Fsp3) is 0.455. The van der Waals surface area contributed by atoms with Crippen LogP contribution in [0.15, 0.2) is 18.2 Å². The van der Waals surface area contributed by atoms with Gasteiger partial charge in [-0.1, -0.05) is 36.6 Å². The number of rotatable bonds is 3. The van der Waals surface area contributed by atoms with Crippen LogP contribution >= 0.6 is 24.0 Å². The average Bonchev–Trinajstić information content (AvgIpc) is 2.93. The summed E-state index contributed by atoms with van der Waals surface area (Å²) in [6.45, 7) is 0. The van der Waals surface area contributed by atoms with Crippen LogP contribution in [0, 0.1) is 11.7 Å². The van der Waals surface area contributed by atoms with E-state index >= 15 is 0 Å². The number of benzene rings is 1. The van der Waals surface area contributed by atoms with Gasteiger partial charge in [-0.15, -0.1) is 12.4 Å². The Bertz CT molecular complexity index is 339. The first-order valence-corrected chi connectivity index (χ1v) is 5.25. The van der Waals surface area contributed by atoms with Crippen molar-refractivity contribution in [2.75, 3.05) is 0 Å². The third kappa shape index (κ3) is 3.07. The molecule has 1 aliphatic rings. The SMILES string of the molecule is Cl.N[C@H](CC1CC1)c1cccc(Cl)c1F. The van der Waals surface area contributed by atoms with Gasteiger partial charge in [0.25, 0.3) is 0 Å². The minimum atomic E-state index is -0.359. The first-order chi connectivity index (χ1) is 6.68. The summed E-state index contributed by atoms with van der Waals surface area (Å²) in [5, 5.41) is 0.161. The Labute approximate surface area is 100 Å². The monoisotopic (exact) mass is 249 g/mol. The van der Waals surface area contributed by atoms with Gasteiger partial charge in [0, 0.05) is 11.6 Å². The highest BCUT2D eigenvalue weighted by Gasteiger charge is 2.25. The summed E-state index contributed by atoms with van der Waals surface area (Å²) in [6.07, 6.45) is 3.34. The van der Waals surface area contributed by atoms with E-state index in [4.69, 9.17) is 17.3 Å². The summed E-state index contributed by atoms with van der Waals surface area (Å²) < 4.78 is 13.5. The lowest BCUT2D eigenvalue weighted by Gasteiger charge is -2.12. The minimum Gasteiger partial charge on any atom is -0.324 e. The van der Waals surface area contributed by atoms with Gasteiger partial charge in [-0.3, -0.25) is 0 Å². The zero-order chi connectivity index (χ0) is 10.1. The molecule has 0 aromatic heterocycles. The van der Waals surface area contributed by atoms with Crippen molar-refractivity contribution in [2.24, 2.45) is 11.7 Å². The van der Waals surface area contributed by atoms with Crippen molar-refractivity contribution in [1.29, 1.82) is 0 Å². The van der Waals surface area contributed by atoms with Crippen molar-refractivity contribution in [1.82, 2.24) is 0 Å². The summed E-state index contributed by atoms with van der Waals surface area (Å²) in [5.41, 5.74) is 6.45. The lowest BCUT2D eigenvalue weighted by molar-refractivity contribution is 0.543. The molecule has 0 aliphatic heterocycles. The second-order valence-electron chi connectivity index (χ2n) is 3.93. The van der Waals surface area contributed by atoms with Crippen molar-refractivity contribution >= 4 is 24.0 Å². The number of nitrogens with two attached hydrogens (primary N) is 1. The predicted molar refractivity (Wildman–Crippen MR) is 62.9 cm³/mol. The van der Waals surface area contributed by atoms with Crippen LogP contribution in [0.4, 0.5) is 4.39 Å². The molecule has 0 spiro atoms. The molecule has 2 rings (SSSR count). The lowest BCUT2D eigenvalue weighted by atomic mass is 10.0. The van der Waals surface area contributed by atoms with Gasteiger partial charge in [0.05, 0.1) is 5.02 Å². The number of halogens is 3. The molecule has 0 amide bonds. The van der Waals surface area contributed by atoms with Gasteiger partial charge in [0.2, 0.25) is 0 Å². The molecule has 0 bridgehead atoms. The van der Waals surface area contributed by atoms with E-state index in [1.807, 2.05) is 0 Å². The molecule has 1 aromatic rings. The second-order valence-corrected chi connectivity index (χ2v) is 4.34. The maximum absolute atomic E-state index is 13.5. The normalized spacial score (nSPS) is 17.0. The van der Waals surface area contributed by atoms with Gasteiger partial charge in [-0.2, -0.15) is 0 Å². The summed E-state index contributed by atoms with van der Waals surface area (Å²) in [7, 11) is 0. The molecule has 1 saturated carbocycles. The van der Waals surface area contributed by atoms with Gasteiger partial charge in [0.15, 0.2) is 0 Å². The first kappa shape index (κ1) is 12.8. The van der Waals surface area contributed by atoms with E-state index in [9.17, 15) is 4.39 Å². The molecule has 84 valence electrons. The Balaban J connectivity index is 0.00000112. The van der Waals surface area contributed by atoms with Crippen molar-refractivity contribution in [3.8, 4) is 0 Å². The highest BCUT2D eigenvalue weighted by molar-refractivity contribution is 6.30. The molecule has 1 nitrogen and oxygen atoms in total. The van der Waals surface area contributed by atoms with Crippen LogP contribution < -0.4 is 5.73 Å². The molecule has 4 heteroatoms. The third-order valence-electron chi connectivity index (χ3n) is 2.67. The summed E-state index contributed by atoms with van der Waals surface area (Å²) in [4.78, 5) is 0. The van der Waals surface area contributed by atoms with Crippen LogP contribution in [-0.4, -0.2) is 0 Å². The summed E-state index contributed by atoms with van der Waals surface area (Å²) >= 11 is 5.68. The van der Waals surface area contributed by atoms with E-state index in [0.717, 1.165) is 6.42 Å². The molecule has 1 aromatic carbocycles. The van der Waals surface area contributed by atoms with Crippen LogP contribution in [0.1, 0.15) is 30.9 Å². The van der Waals surface area contributed by atoms with E-state index in [1.54, 1.807) is 18.2 Å². The smallest absolute Gasteiger partial charge is 0.146 e. The molecular weight excluding hydrogens is 236 g/mol. The van der Waals surface area contributed by atoms with Crippen LogP contribution in [0.2, 0.25) is 5.02 Å². The topological polar surface area (TPSA) is 26.0 Å². The standard InChI is InChI=1S/C11H13ClFN.ClH/c12-9-3-1-2-8(11(9)13)10(14)6-7-4-5-7;/h1-3,7,10H,4-6,14H2;1H/t10-;/m1./s1. The van der Waals surface area contributed by atoms with Gasteiger partial charge >= 0.3 is 0 Å². The van der Waals surface area contributed by atoms with E-state index < -0.39 is 0 Å². The van der Waals surface area contributed by atoms with E-state index in [1.165, 1.54) is 12.8 Å². The van der Waals surface area contributed by atoms with Crippen LogP contribution in [0.5, 0.6) is 0 Å². The molecule has 1 atom stereocenters. The Morgan fingerprint density at radius 1 is 1.47 bits per heavy atom. The second kappa shape index (κ2) is 5.15. The summed E-state index contributed by atoms with van der Waals surface area (Å²) in [6, 6.07) is 4.80. The highest BCUT2D eigenvalue weighted by atomic mass is 35.5. The van der Waals surface area contributed by atoms with Crippen LogP contribution in [0.25, 0.3) is 0 Å². The maximum atomic E-state index is 13.5. The van der Waals surface area contributed by atoms with Gasteiger partial charge in [-0.25, -0.2) is 4.39 Å². The molecule has 0 radical (unpaired) electrons. The summed E-state index contributed by atoms with van der Waals surface area (Å²) in [5.74, 6) is 0.339. The quantitative estimate of drug-likeness (QED) is 0.869. The van der Waals surface area contributed by atoms with Gasteiger partial charge in [-0.05, 0) is 18.4 Å². The first-order valence-electron chi connectivity index (χ1n) is 4.88. The van der Waals surface area contributed by atoms with Crippen molar-refractivity contribution in [3.05, 3.63) is 34.6 Å². The average molecular weight is 250 g/mol. The van der Waals surface area contributed by atoms with E-state index in [2.05, 4.69) is 0 Å². The Kier molecular flexibility index (Phi) is 4.38. The fourth-order valence-corrected chi connectivity index (χ4v) is 1.83. The molecule has 0 saturated heterocycles. The molecule has 1 fully saturated rings. The van der Waals surface area contributed by atoms with Gasteiger partial charge in [0.1, 0.15) is 5.82 Å². The number of hydrogen-bond donors (Lipinski definition) is 1. The molecule has 0 unspecified atom stereocenters. The molecule has 0 heterocycles. The van der Waals surface area contributed by atoms with Crippen LogP contribution in [0.3, 0.4) is 0 Å². The molecule has 1 aliphatic carbocycles. The number of hydrogen-bond acceptors (Lipinski definition) is 1. The largest absolute Gasteiger partial charge is 0.324 e. The van der Waals surface area contributed by atoms with Crippen molar-refractivity contribution in [3.63, 3.8) is 0 Å². The zero-order valence-electron chi connectivity index (χ0n) is 8.25. The third-order valence-corrected chi connectivity index (χ3v) is 2.96. The van der Waals surface area contributed by atoms with Crippen molar-refractivity contribution in [2.45, 2.75) is 25.3 Å². The predicted octanol–water partition coefficient (Wildman–Crippen LogP) is 3.70. The minimum absolute atomic E-state index is 0. The lowest BCUT2D eigenvalue weighted by Crippen LogP contribution is -2.12. The Morgan fingerprint density at radius 2 is 2.13 bits per heavy atom.